The van der Waals surface area contributed by atoms with Crippen LogP contribution in [0.5, 0.6) is 17.2 Å². The number of aromatic hydroxyl groups is 1. The number of benzene rings is 1. The van der Waals surface area contributed by atoms with Crippen LogP contribution in [0, 0.1) is 0 Å². The number of fused-ring (bicyclic) bond motifs is 1. The summed E-state index contributed by atoms with van der Waals surface area (Å²) < 4.78 is 11.0. The molecule has 0 amide bonds. The molecule has 1 aliphatic heterocycles. The third-order valence-electron chi connectivity index (χ3n) is 3.28. The van der Waals surface area contributed by atoms with E-state index in [1.54, 1.807) is 6.07 Å². The lowest BCUT2D eigenvalue weighted by atomic mass is 10.0. The van der Waals surface area contributed by atoms with Crippen LogP contribution >= 0.6 is 11.6 Å². The molecule has 1 fully saturated rings. The van der Waals surface area contributed by atoms with Crippen LogP contribution in [0.2, 0.25) is 5.02 Å². The van der Waals surface area contributed by atoms with Crippen LogP contribution in [0.4, 0.5) is 0 Å². The first-order chi connectivity index (χ1) is 8.09. The summed E-state index contributed by atoms with van der Waals surface area (Å²) in [4.78, 5) is 0. The largest absolute Gasteiger partial charge is 0.506 e. The molecule has 0 radical (unpaired) electrons. The van der Waals surface area contributed by atoms with Crippen molar-refractivity contribution < 1.29 is 14.6 Å². The number of ether oxygens (including phenoxy) is 2. The Morgan fingerprint density at radius 1 is 1.35 bits per heavy atom. The number of hydrogen-bond acceptors (Lipinski definition) is 4. The minimum Gasteiger partial charge on any atom is -0.506 e. The average molecular weight is 256 g/mol. The summed E-state index contributed by atoms with van der Waals surface area (Å²) in [5, 5.41) is 10.3. The quantitative estimate of drug-likeness (QED) is 0.847. The minimum absolute atomic E-state index is 0.0626. The maximum absolute atomic E-state index is 10.0. The second-order valence-electron chi connectivity index (χ2n) is 4.75. The molecule has 92 valence electrons. The highest BCUT2D eigenvalue weighted by molar-refractivity contribution is 6.32. The molecule has 0 atom stereocenters. The highest BCUT2D eigenvalue weighted by Gasteiger charge is 2.40. The molecule has 0 saturated heterocycles. The van der Waals surface area contributed by atoms with Gasteiger partial charge in [0, 0.05) is 17.2 Å². The SMILES string of the molecule is NC1(Cc2c(O)c(Cl)cc3c2OCCO3)CC1. The third kappa shape index (κ3) is 1.91. The molecule has 1 heterocycles. The van der Waals surface area contributed by atoms with E-state index in [0.29, 0.717) is 36.7 Å². The number of hydrogen-bond donors (Lipinski definition) is 2. The molecule has 0 aromatic heterocycles. The van der Waals surface area contributed by atoms with Crippen molar-refractivity contribution in [2.45, 2.75) is 24.8 Å². The van der Waals surface area contributed by atoms with E-state index >= 15 is 0 Å². The summed E-state index contributed by atoms with van der Waals surface area (Å²) in [5.74, 6) is 1.25. The summed E-state index contributed by atoms with van der Waals surface area (Å²) in [6, 6.07) is 1.59. The second-order valence-corrected chi connectivity index (χ2v) is 5.16. The zero-order valence-electron chi connectivity index (χ0n) is 9.33. The summed E-state index contributed by atoms with van der Waals surface area (Å²) in [7, 11) is 0. The fraction of sp³-hybridized carbons (Fsp3) is 0.500. The van der Waals surface area contributed by atoms with Crippen molar-refractivity contribution in [3.63, 3.8) is 0 Å². The molecule has 0 spiro atoms. The van der Waals surface area contributed by atoms with Crippen molar-refractivity contribution in [1.82, 2.24) is 0 Å². The first-order valence-electron chi connectivity index (χ1n) is 5.68. The predicted octanol–water partition coefficient (Wildman–Crippen LogP) is 1.85. The Morgan fingerprint density at radius 3 is 2.76 bits per heavy atom. The lowest BCUT2D eigenvalue weighted by Gasteiger charge is -2.23. The summed E-state index contributed by atoms with van der Waals surface area (Å²) >= 11 is 5.97. The molecule has 1 aromatic carbocycles. The molecule has 2 aliphatic rings. The molecule has 3 N–H and O–H groups in total. The Bertz CT molecular complexity index is 471. The lowest BCUT2D eigenvalue weighted by molar-refractivity contribution is 0.168. The van der Waals surface area contributed by atoms with Gasteiger partial charge in [-0.1, -0.05) is 11.6 Å². The van der Waals surface area contributed by atoms with E-state index in [0.717, 1.165) is 12.8 Å². The van der Waals surface area contributed by atoms with Gasteiger partial charge in [0.1, 0.15) is 19.0 Å². The second kappa shape index (κ2) is 3.68. The fourth-order valence-electron chi connectivity index (χ4n) is 2.06. The van der Waals surface area contributed by atoms with Crippen LogP contribution in [-0.4, -0.2) is 23.9 Å². The molecule has 5 heteroatoms. The summed E-state index contributed by atoms with van der Waals surface area (Å²) in [6.45, 7) is 0.986. The molecule has 4 nitrogen and oxygen atoms in total. The predicted molar refractivity (Wildman–Crippen MR) is 64.0 cm³/mol. The van der Waals surface area contributed by atoms with Gasteiger partial charge >= 0.3 is 0 Å². The van der Waals surface area contributed by atoms with E-state index in [2.05, 4.69) is 0 Å². The van der Waals surface area contributed by atoms with Gasteiger partial charge in [-0.15, -0.1) is 0 Å². The van der Waals surface area contributed by atoms with Crippen molar-refractivity contribution in [3.8, 4) is 17.2 Å². The number of halogens is 1. The maximum Gasteiger partial charge on any atom is 0.168 e. The average Bonchev–Trinajstić information content (AvgIpc) is 3.03. The molecule has 17 heavy (non-hydrogen) atoms. The molecule has 0 unspecified atom stereocenters. The van der Waals surface area contributed by atoms with Crippen LogP contribution in [0.1, 0.15) is 18.4 Å². The van der Waals surface area contributed by atoms with E-state index in [-0.39, 0.29) is 16.3 Å². The monoisotopic (exact) mass is 255 g/mol. The molecule has 1 aromatic rings. The van der Waals surface area contributed by atoms with Crippen molar-refractivity contribution in [2.24, 2.45) is 5.73 Å². The highest BCUT2D eigenvalue weighted by atomic mass is 35.5. The van der Waals surface area contributed by atoms with Crippen LogP contribution in [0.25, 0.3) is 0 Å². The number of phenols is 1. The van der Waals surface area contributed by atoms with Gasteiger partial charge in [-0.2, -0.15) is 0 Å². The summed E-state index contributed by atoms with van der Waals surface area (Å²) in [6.07, 6.45) is 2.51. The maximum atomic E-state index is 10.0. The van der Waals surface area contributed by atoms with Gasteiger partial charge < -0.3 is 20.3 Å². The Morgan fingerprint density at radius 2 is 2.06 bits per heavy atom. The highest BCUT2D eigenvalue weighted by Crippen LogP contribution is 2.47. The minimum atomic E-state index is -0.212. The zero-order valence-corrected chi connectivity index (χ0v) is 10.1. The molecular weight excluding hydrogens is 242 g/mol. The van der Waals surface area contributed by atoms with Crippen LogP contribution in [0.3, 0.4) is 0 Å². The fourth-order valence-corrected chi connectivity index (χ4v) is 2.28. The van der Waals surface area contributed by atoms with Gasteiger partial charge in [-0.05, 0) is 19.3 Å². The Kier molecular flexibility index (Phi) is 2.38. The third-order valence-corrected chi connectivity index (χ3v) is 3.56. The van der Waals surface area contributed by atoms with Gasteiger partial charge in [-0.25, -0.2) is 0 Å². The Balaban J connectivity index is 2.06. The van der Waals surface area contributed by atoms with Crippen molar-refractivity contribution in [2.75, 3.05) is 13.2 Å². The topological polar surface area (TPSA) is 64.7 Å². The van der Waals surface area contributed by atoms with Crippen molar-refractivity contribution in [3.05, 3.63) is 16.7 Å². The van der Waals surface area contributed by atoms with Crippen molar-refractivity contribution >= 4 is 11.6 Å². The Labute approximate surface area is 104 Å². The normalized spacial score (nSPS) is 20.1. The van der Waals surface area contributed by atoms with E-state index < -0.39 is 0 Å². The van der Waals surface area contributed by atoms with Gasteiger partial charge in [0.15, 0.2) is 11.5 Å². The van der Waals surface area contributed by atoms with Crippen LogP contribution in [0.15, 0.2) is 6.07 Å². The first kappa shape index (κ1) is 11.0. The Hall–Kier alpha value is -1.13. The van der Waals surface area contributed by atoms with Crippen molar-refractivity contribution in [1.29, 1.82) is 0 Å². The molecule has 0 bridgehead atoms. The van der Waals surface area contributed by atoms with E-state index in [4.69, 9.17) is 26.8 Å². The number of phenolic OH excluding ortho intramolecular Hbond substituents is 1. The number of rotatable bonds is 2. The van der Waals surface area contributed by atoms with E-state index in [1.807, 2.05) is 0 Å². The number of nitrogens with two attached hydrogens (primary N) is 1. The van der Waals surface area contributed by atoms with Gasteiger partial charge in [0.25, 0.3) is 0 Å². The van der Waals surface area contributed by atoms with E-state index in [1.165, 1.54) is 0 Å². The zero-order chi connectivity index (χ0) is 12.0. The first-order valence-corrected chi connectivity index (χ1v) is 6.06. The standard InChI is InChI=1S/C12H14ClNO3/c13-8-5-9-11(17-4-3-16-9)7(10(8)15)6-12(14)1-2-12/h5,15H,1-4,6,14H2. The molecule has 1 saturated carbocycles. The van der Waals surface area contributed by atoms with Gasteiger partial charge in [0.05, 0.1) is 5.02 Å². The lowest BCUT2D eigenvalue weighted by Crippen LogP contribution is -2.26. The van der Waals surface area contributed by atoms with Crippen LogP contribution in [-0.2, 0) is 6.42 Å². The smallest absolute Gasteiger partial charge is 0.168 e. The molecule has 1 aliphatic carbocycles. The van der Waals surface area contributed by atoms with Gasteiger partial charge in [0.2, 0.25) is 0 Å². The molecular formula is C12H14ClNO3. The van der Waals surface area contributed by atoms with Gasteiger partial charge in [-0.3, -0.25) is 0 Å². The summed E-state index contributed by atoms with van der Waals surface area (Å²) in [5.41, 5.74) is 6.54. The molecule has 3 rings (SSSR count). The van der Waals surface area contributed by atoms with Crippen LogP contribution < -0.4 is 15.2 Å². The van der Waals surface area contributed by atoms with E-state index in [9.17, 15) is 5.11 Å².